The Morgan fingerprint density at radius 2 is 2.17 bits per heavy atom. The van der Waals surface area contributed by atoms with Crippen molar-refractivity contribution in [2.24, 2.45) is 0 Å². The zero-order valence-electron chi connectivity index (χ0n) is 7.32. The van der Waals surface area contributed by atoms with Gasteiger partial charge >= 0.3 is 0 Å². The Kier molecular flexibility index (Phi) is 1.58. The first-order valence-corrected chi connectivity index (χ1v) is 4.52. The molecule has 0 aliphatic carbocycles. The third kappa shape index (κ3) is 1.18. The second-order valence-electron chi connectivity index (χ2n) is 3.96. The van der Waals surface area contributed by atoms with E-state index in [1.165, 1.54) is 5.56 Å². The number of anilines is 1. The van der Waals surface area contributed by atoms with Gasteiger partial charge in [0.25, 0.3) is 0 Å². The van der Waals surface area contributed by atoms with E-state index < -0.39 is 0 Å². The Labute approximate surface area is 77.7 Å². The van der Waals surface area contributed by atoms with Gasteiger partial charge < -0.3 is 5.32 Å². The van der Waals surface area contributed by atoms with Crippen molar-refractivity contribution in [1.82, 2.24) is 0 Å². The number of hydrogen-bond donors (Lipinski definition) is 1. The van der Waals surface area contributed by atoms with Crippen LogP contribution in [0.15, 0.2) is 18.2 Å². The molecule has 1 N–H and O–H groups in total. The molecule has 2 rings (SSSR count). The van der Waals surface area contributed by atoms with Crippen molar-refractivity contribution in [2.75, 3.05) is 5.32 Å². The zero-order valence-corrected chi connectivity index (χ0v) is 8.07. The summed E-state index contributed by atoms with van der Waals surface area (Å²) in [7, 11) is 0. The monoisotopic (exact) mass is 181 g/mol. The van der Waals surface area contributed by atoms with Gasteiger partial charge in [0.15, 0.2) is 0 Å². The lowest BCUT2D eigenvalue weighted by molar-refractivity contribution is 0.594. The maximum absolute atomic E-state index is 6.03. The number of para-hydroxylation sites is 1. The van der Waals surface area contributed by atoms with Gasteiger partial charge in [-0.15, -0.1) is 0 Å². The van der Waals surface area contributed by atoms with Crippen LogP contribution in [0.1, 0.15) is 19.4 Å². The Morgan fingerprint density at radius 3 is 2.83 bits per heavy atom. The standard InChI is InChI=1S/C10H12ClN/c1-10(2)6-7-4-3-5-8(11)9(7)12-10/h3-5,12H,6H2,1-2H3. The van der Waals surface area contributed by atoms with E-state index in [-0.39, 0.29) is 5.54 Å². The summed E-state index contributed by atoms with van der Waals surface area (Å²) in [4.78, 5) is 0. The molecule has 2 heteroatoms. The van der Waals surface area contributed by atoms with Gasteiger partial charge in [0.2, 0.25) is 0 Å². The molecule has 0 atom stereocenters. The molecule has 64 valence electrons. The third-order valence-electron chi connectivity index (χ3n) is 2.20. The largest absolute Gasteiger partial charge is 0.378 e. The van der Waals surface area contributed by atoms with E-state index in [1.54, 1.807) is 0 Å². The minimum absolute atomic E-state index is 0.160. The molecule has 0 amide bonds. The molecule has 0 radical (unpaired) electrons. The van der Waals surface area contributed by atoms with Gasteiger partial charge in [0.05, 0.1) is 10.7 Å². The van der Waals surface area contributed by atoms with E-state index in [1.807, 2.05) is 12.1 Å². The van der Waals surface area contributed by atoms with Crippen molar-refractivity contribution < 1.29 is 0 Å². The van der Waals surface area contributed by atoms with E-state index in [0.717, 1.165) is 17.1 Å². The summed E-state index contributed by atoms with van der Waals surface area (Å²) in [6.45, 7) is 4.37. The number of nitrogens with one attached hydrogen (secondary N) is 1. The second kappa shape index (κ2) is 2.40. The zero-order chi connectivity index (χ0) is 8.77. The predicted molar refractivity (Wildman–Crippen MR) is 52.9 cm³/mol. The lowest BCUT2D eigenvalue weighted by Gasteiger charge is -2.18. The number of rotatable bonds is 0. The topological polar surface area (TPSA) is 12.0 Å². The molecule has 1 nitrogen and oxygen atoms in total. The SMILES string of the molecule is CC1(C)Cc2cccc(Cl)c2N1. The van der Waals surface area contributed by atoms with Crippen LogP contribution in [0.2, 0.25) is 5.02 Å². The molecule has 1 aliphatic rings. The highest BCUT2D eigenvalue weighted by molar-refractivity contribution is 6.33. The molecule has 0 unspecified atom stereocenters. The van der Waals surface area contributed by atoms with Crippen LogP contribution in [-0.2, 0) is 6.42 Å². The van der Waals surface area contributed by atoms with Crippen molar-refractivity contribution in [3.05, 3.63) is 28.8 Å². The van der Waals surface area contributed by atoms with E-state index in [2.05, 4.69) is 25.2 Å². The molecule has 0 fully saturated rings. The fraction of sp³-hybridized carbons (Fsp3) is 0.400. The molecular formula is C10H12ClN. The van der Waals surface area contributed by atoms with Crippen LogP contribution in [0.3, 0.4) is 0 Å². The van der Waals surface area contributed by atoms with E-state index in [9.17, 15) is 0 Å². The van der Waals surface area contributed by atoms with Crippen LogP contribution in [0, 0.1) is 0 Å². The summed E-state index contributed by atoms with van der Waals surface area (Å²) in [6, 6.07) is 6.06. The Bertz CT molecular complexity index is 318. The first-order chi connectivity index (χ1) is 5.58. The maximum Gasteiger partial charge on any atom is 0.0640 e. The van der Waals surface area contributed by atoms with Crippen molar-refractivity contribution in [1.29, 1.82) is 0 Å². The summed E-state index contributed by atoms with van der Waals surface area (Å²) in [5, 5.41) is 4.24. The molecule has 0 spiro atoms. The average molecular weight is 182 g/mol. The predicted octanol–water partition coefficient (Wildman–Crippen LogP) is 3.09. The van der Waals surface area contributed by atoms with E-state index in [4.69, 9.17) is 11.6 Å². The number of fused-ring (bicyclic) bond motifs is 1. The Morgan fingerprint density at radius 1 is 1.42 bits per heavy atom. The van der Waals surface area contributed by atoms with Gasteiger partial charge in [-0.25, -0.2) is 0 Å². The molecule has 0 bridgehead atoms. The van der Waals surface area contributed by atoms with Gasteiger partial charge in [-0.05, 0) is 31.9 Å². The molecular weight excluding hydrogens is 170 g/mol. The van der Waals surface area contributed by atoms with Gasteiger partial charge in [-0.1, -0.05) is 23.7 Å². The highest BCUT2D eigenvalue weighted by atomic mass is 35.5. The summed E-state index contributed by atoms with van der Waals surface area (Å²) in [5.41, 5.74) is 2.60. The summed E-state index contributed by atoms with van der Waals surface area (Å²) < 4.78 is 0. The minimum atomic E-state index is 0.160. The van der Waals surface area contributed by atoms with Crippen LogP contribution in [0.25, 0.3) is 0 Å². The highest BCUT2D eigenvalue weighted by Crippen LogP contribution is 2.36. The van der Waals surface area contributed by atoms with Crippen LogP contribution in [0.4, 0.5) is 5.69 Å². The first-order valence-electron chi connectivity index (χ1n) is 4.14. The molecule has 0 aromatic heterocycles. The van der Waals surface area contributed by atoms with Crippen molar-refractivity contribution in [3.63, 3.8) is 0 Å². The van der Waals surface area contributed by atoms with Crippen LogP contribution >= 0.6 is 11.6 Å². The second-order valence-corrected chi connectivity index (χ2v) is 4.37. The third-order valence-corrected chi connectivity index (χ3v) is 2.51. The minimum Gasteiger partial charge on any atom is -0.378 e. The Balaban J connectivity index is 2.48. The van der Waals surface area contributed by atoms with Crippen molar-refractivity contribution in [3.8, 4) is 0 Å². The number of hydrogen-bond acceptors (Lipinski definition) is 1. The summed E-state index contributed by atoms with van der Waals surface area (Å²) in [6.07, 6.45) is 1.06. The number of halogens is 1. The fourth-order valence-electron chi connectivity index (χ4n) is 1.71. The lowest BCUT2D eigenvalue weighted by atomic mass is 10.0. The van der Waals surface area contributed by atoms with E-state index in [0.29, 0.717) is 0 Å². The lowest BCUT2D eigenvalue weighted by Crippen LogP contribution is -2.27. The molecule has 1 aliphatic heterocycles. The average Bonchev–Trinajstić information content (AvgIpc) is 2.25. The molecule has 1 aromatic rings. The highest BCUT2D eigenvalue weighted by Gasteiger charge is 2.28. The van der Waals surface area contributed by atoms with Gasteiger partial charge in [0.1, 0.15) is 0 Å². The quantitative estimate of drug-likeness (QED) is 0.649. The summed E-state index contributed by atoms with van der Waals surface area (Å²) in [5.74, 6) is 0. The van der Waals surface area contributed by atoms with Gasteiger partial charge in [-0.3, -0.25) is 0 Å². The maximum atomic E-state index is 6.03. The fourth-order valence-corrected chi connectivity index (χ4v) is 1.96. The number of benzene rings is 1. The van der Waals surface area contributed by atoms with Crippen LogP contribution in [-0.4, -0.2) is 5.54 Å². The van der Waals surface area contributed by atoms with Crippen molar-refractivity contribution in [2.45, 2.75) is 25.8 Å². The molecule has 0 saturated carbocycles. The molecule has 0 saturated heterocycles. The van der Waals surface area contributed by atoms with Crippen LogP contribution < -0.4 is 5.32 Å². The normalized spacial score (nSPS) is 18.6. The van der Waals surface area contributed by atoms with Crippen LogP contribution in [0.5, 0.6) is 0 Å². The molecule has 1 heterocycles. The Hall–Kier alpha value is -0.690. The van der Waals surface area contributed by atoms with E-state index >= 15 is 0 Å². The summed E-state index contributed by atoms with van der Waals surface area (Å²) >= 11 is 6.03. The van der Waals surface area contributed by atoms with Gasteiger partial charge in [0, 0.05) is 5.54 Å². The first kappa shape index (κ1) is 7.93. The van der Waals surface area contributed by atoms with Crippen molar-refractivity contribution >= 4 is 17.3 Å². The van der Waals surface area contributed by atoms with Gasteiger partial charge in [-0.2, -0.15) is 0 Å². The molecule has 12 heavy (non-hydrogen) atoms. The molecule has 1 aromatic carbocycles. The smallest absolute Gasteiger partial charge is 0.0640 e.